The van der Waals surface area contributed by atoms with E-state index in [1.807, 2.05) is 42.5 Å². The average molecular weight is 377 g/mol. The van der Waals surface area contributed by atoms with Crippen molar-refractivity contribution in [1.29, 1.82) is 0 Å². The molecule has 3 aromatic rings. The maximum Gasteiger partial charge on any atom is 0.270 e. The van der Waals surface area contributed by atoms with Crippen molar-refractivity contribution in [3.8, 4) is 0 Å². The highest BCUT2D eigenvalue weighted by molar-refractivity contribution is 7.80. The van der Waals surface area contributed by atoms with Gasteiger partial charge in [0.2, 0.25) is 5.91 Å². The number of anilines is 1. The molecule has 0 aromatic heterocycles. The van der Waals surface area contributed by atoms with Crippen molar-refractivity contribution in [3.63, 3.8) is 0 Å². The fourth-order valence-electron chi connectivity index (χ4n) is 2.50. The summed E-state index contributed by atoms with van der Waals surface area (Å²) >= 11 is 5.15. The molecule has 0 fully saturated rings. The summed E-state index contributed by atoms with van der Waals surface area (Å²) in [5.41, 5.74) is 1.28. The molecule has 3 rings (SSSR count). The van der Waals surface area contributed by atoms with Crippen LogP contribution in [-0.4, -0.2) is 15.9 Å². The minimum absolute atomic E-state index is 0.0361. The fraction of sp³-hybridized carbons (Fsp3) is 0. The number of nitro benzene ring substituents is 1. The molecule has 0 heterocycles. The molecule has 0 saturated heterocycles. The third-order valence-corrected chi connectivity index (χ3v) is 3.96. The second kappa shape index (κ2) is 8.20. The van der Waals surface area contributed by atoms with Crippen LogP contribution in [0.3, 0.4) is 0 Å². The summed E-state index contributed by atoms with van der Waals surface area (Å²) in [6, 6.07) is 19.7. The quantitative estimate of drug-likeness (QED) is 0.307. The summed E-state index contributed by atoms with van der Waals surface area (Å²) < 4.78 is 0. The second-order valence-corrected chi connectivity index (χ2v) is 6.10. The van der Waals surface area contributed by atoms with E-state index in [-0.39, 0.29) is 10.8 Å². The monoisotopic (exact) mass is 377 g/mol. The molecule has 0 aliphatic carbocycles. The van der Waals surface area contributed by atoms with Crippen molar-refractivity contribution in [2.45, 2.75) is 0 Å². The topological polar surface area (TPSA) is 84.3 Å². The number of carbonyl (C=O) groups is 1. The Labute approximate surface area is 160 Å². The largest absolute Gasteiger partial charge is 0.332 e. The maximum absolute atomic E-state index is 12.0. The van der Waals surface area contributed by atoms with E-state index in [2.05, 4.69) is 10.6 Å². The number of nitrogens with zero attached hydrogens (tertiary/aromatic N) is 1. The first-order valence-corrected chi connectivity index (χ1v) is 8.45. The molecular formula is C20H15N3O3S. The molecule has 0 unspecified atom stereocenters. The van der Waals surface area contributed by atoms with Crippen LogP contribution in [0.5, 0.6) is 0 Å². The van der Waals surface area contributed by atoms with Gasteiger partial charge in [-0.3, -0.25) is 20.2 Å². The number of fused-ring (bicyclic) bond motifs is 1. The summed E-state index contributed by atoms with van der Waals surface area (Å²) in [4.78, 5) is 22.3. The van der Waals surface area contributed by atoms with Crippen molar-refractivity contribution < 1.29 is 9.72 Å². The zero-order chi connectivity index (χ0) is 19.2. The number of amides is 1. The third-order valence-electron chi connectivity index (χ3n) is 3.75. The van der Waals surface area contributed by atoms with Gasteiger partial charge in [0.1, 0.15) is 0 Å². The van der Waals surface area contributed by atoms with Gasteiger partial charge in [-0.25, -0.2) is 0 Å². The van der Waals surface area contributed by atoms with Crippen LogP contribution in [0.1, 0.15) is 5.56 Å². The van der Waals surface area contributed by atoms with Crippen molar-refractivity contribution in [2.75, 3.05) is 5.32 Å². The number of carbonyl (C=O) groups excluding carboxylic acids is 1. The third kappa shape index (κ3) is 4.96. The van der Waals surface area contributed by atoms with E-state index >= 15 is 0 Å². The lowest BCUT2D eigenvalue weighted by Gasteiger charge is -2.09. The second-order valence-electron chi connectivity index (χ2n) is 5.69. The van der Waals surface area contributed by atoms with E-state index in [4.69, 9.17) is 12.2 Å². The predicted molar refractivity (Wildman–Crippen MR) is 110 cm³/mol. The van der Waals surface area contributed by atoms with Crippen molar-refractivity contribution in [3.05, 3.63) is 88.5 Å². The van der Waals surface area contributed by atoms with Crippen molar-refractivity contribution in [2.24, 2.45) is 0 Å². The lowest BCUT2D eigenvalue weighted by atomic mass is 10.1. The van der Waals surface area contributed by atoms with Gasteiger partial charge in [-0.15, -0.1) is 0 Å². The van der Waals surface area contributed by atoms with E-state index in [1.54, 1.807) is 12.1 Å². The number of nitrogens with one attached hydrogen (secondary N) is 2. The zero-order valence-corrected chi connectivity index (χ0v) is 14.9. The van der Waals surface area contributed by atoms with Gasteiger partial charge in [-0.05, 0) is 46.8 Å². The van der Waals surface area contributed by atoms with Crippen LogP contribution in [0, 0.1) is 10.1 Å². The van der Waals surface area contributed by atoms with E-state index in [0.29, 0.717) is 5.56 Å². The lowest BCUT2D eigenvalue weighted by molar-refractivity contribution is -0.384. The molecule has 1 amide bonds. The first kappa shape index (κ1) is 18.2. The van der Waals surface area contributed by atoms with E-state index < -0.39 is 10.8 Å². The Morgan fingerprint density at radius 2 is 1.78 bits per heavy atom. The fourth-order valence-corrected chi connectivity index (χ4v) is 2.72. The SMILES string of the molecule is O=C(C=Cc1cccc([N+](=O)[O-])c1)NC(=S)Nc1ccc2ccccc2c1. The number of hydrogen-bond donors (Lipinski definition) is 2. The number of hydrogen-bond acceptors (Lipinski definition) is 4. The Hall–Kier alpha value is -3.58. The summed E-state index contributed by atoms with van der Waals surface area (Å²) in [5.74, 6) is -0.431. The molecule has 0 aliphatic rings. The normalized spacial score (nSPS) is 10.7. The Kier molecular flexibility index (Phi) is 5.53. The van der Waals surface area contributed by atoms with Gasteiger partial charge in [-0.2, -0.15) is 0 Å². The van der Waals surface area contributed by atoms with Crippen molar-refractivity contribution >= 4 is 51.5 Å². The van der Waals surface area contributed by atoms with E-state index in [9.17, 15) is 14.9 Å². The maximum atomic E-state index is 12.0. The molecule has 6 nitrogen and oxygen atoms in total. The summed E-state index contributed by atoms with van der Waals surface area (Å²) in [5, 5.41) is 18.6. The van der Waals surface area contributed by atoms with E-state index in [0.717, 1.165) is 16.5 Å². The minimum Gasteiger partial charge on any atom is -0.332 e. The van der Waals surface area contributed by atoms with Crippen LogP contribution >= 0.6 is 12.2 Å². The summed E-state index contributed by atoms with van der Waals surface area (Å²) in [6.45, 7) is 0. The predicted octanol–water partition coefficient (Wildman–Crippen LogP) is 4.27. The highest BCUT2D eigenvalue weighted by Crippen LogP contribution is 2.18. The molecule has 7 heteroatoms. The lowest BCUT2D eigenvalue weighted by Crippen LogP contribution is -2.32. The number of non-ortho nitro benzene ring substituents is 1. The van der Waals surface area contributed by atoms with Gasteiger partial charge in [0.15, 0.2) is 5.11 Å². The molecule has 0 spiro atoms. The molecule has 0 atom stereocenters. The van der Waals surface area contributed by atoms with Crippen LogP contribution in [0.25, 0.3) is 16.8 Å². The van der Waals surface area contributed by atoms with Gasteiger partial charge < -0.3 is 5.32 Å². The number of thiocarbonyl (C=S) groups is 1. The highest BCUT2D eigenvalue weighted by Gasteiger charge is 2.05. The van der Waals surface area contributed by atoms with Gasteiger partial charge in [-0.1, -0.05) is 42.5 Å². The Morgan fingerprint density at radius 1 is 1.00 bits per heavy atom. The molecule has 27 heavy (non-hydrogen) atoms. The van der Waals surface area contributed by atoms with E-state index in [1.165, 1.54) is 24.3 Å². The van der Waals surface area contributed by atoms with Crippen LogP contribution in [-0.2, 0) is 4.79 Å². The Balaban J connectivity index is 1.60. The standard InChI is InChI=1S/C20H15N3O3S/c24-19(11-8-14-4-3-7-18(12-14)23(25)26)22-20(27)21-17-10-9-15-5-1-2-6-16(15)13-17/h1-13H,(H2,21,22,24,27). The smallest absolute Gasteiger partial charge is 0.270 e. The first-order valence-electron chi connectivity index (χ1n) is 8.04. The van der Waals surface area contributed by atoms with Crippen LogP contribution in [0.4, 0.5) is 11.4 Å². The molecule has 134 valence electrons. The zero-order valence-electron chi connectivity index (χ0n) is 14.1. The van der Waals surface area contributed by atoms with Crippen LogP contribution < -0.4 is 10.6 Å². The van der Waals surface area contributed by atoms with Gasteiger partial charge in [0.25, 0.3) is 5.69 Å². The Bertz CT molecular complexity index is 1060. The average Bonchev–Trinajstić information content (AvgIpc) is 2.66. The van der Waals surface area contributed by atoms with Crippen molar-refractivity contribution in [1.82, 2.24) is 5.32 Å². The summed E-state index contributed by atoms with van der Waals surface area (Å²) in [6.07, 6.45) is 2.76. The number of nitro groups is 1. The molecule has 3 aromatic carbocycles. The first-order chi connectivity index (χ1) is 13.0. The van der Waals surface area contributed by atoms with Gasteiger partial charge >= 0.3 is 0 Å². The minimum atomic E-state index is -0.486. The van der Waals surface area contributed by atoms with Crippen LogP contribution in [0.15, 0.2) is 72.8 Å². The highest BCUT2D eigenvalue weighted by atomic mass is 32.1. The molecule has 0 radical (unpaired) electrons. The van der Waals surface area contributed by atoms with Gasteiger partial charge in [0.05, 0.1) is 4.92 Å². The molecular weight excluding hydrogens is 362 g/mol. The number of benzene rings is 3. The Morgan fingerprint density at radius 3 is 2.56 bits per heavy atom. The molecule has 0 bridgehead atoms. The molecule has 0 saturated carbocycles. The number of rotatable bonds is 4. The van der Waals surface area contributed by atoms with Crippen LogP contribution in [0.2, 0.25) is 0 Å². The van der Waals surface area contributed by atoms with Gasteiger partial charge in [0, 0.05) is 23.9 Å². The summed E-state index contributed by atoms with van der Waals surface area (Å²) in [7, 11) is 0. The molecule has 0 aliphatic heterocycles. The molecule has 2 N–H and O–H groups in total.